The first kappa shape index (κ1) is 15.3. The molecule has 1 aliphatic rings. The van der Waals surface area contributed by atoms with Crippen LogP contribution < -0.4 is 4.90 Å². The van der Waals surface area contributed by atoms with Gasteiger partial charge in [-0.25, -0.2) is 13.4 Å². The molecule has 0 saturated carbocycles. The maximum Gasteiger partial charge on any atom is 0.244 e. The molecule has 0 atom stereocenters. The highest BCUT2D eigenvalue weighted by atomic mass is 32.2. The van der Waals surface area contributed by atoms with Crippen LogP contribution in [0.15, 0.2) is 23.2 Å². The molecule has 0 spiro atoms. The predicted molar refractivity (Wildman–Crippen MR) is 80.4 cm³/mol. The van der Waals surface area contributed by atoms with Crippen LogP contribution in [0.5, 0.6) is 0 Å². The van der Waals surface area contributed by atoms with Crippen LogP contribution in [0.3, 0.4) is 0 Å². The van der Waals surface area contributed by atoms with Crippen molar-refractivity contribution in [3.63, 3.8) is 0 Å². The van der Waals surface area contributed by atoms with Crippen molar-refractivity contribution in [2.45, 2.75) is 37.5 Å². The molecule has 0 bridgehead atoms. The molecular weight excluding hydrogens is 274 g/mol. The van der Waals surface area contributed by atoms with E-state index in [4.69, 9.17) is 0 Å². The van der Waals surface area contributed by atoms with Crippen molar-refractivity contribution in [2.75, 3.05) is 31.6 Å². The lowest BCUT2D eigenvalue weighted by atomic mass is 10.3. The number of nitrogens with zero attached hydrogens (tertiary/aromatic N) is 3. The van der Waals surface area contributed by atoms with E-state index < -0.39 is 10.0 Å². The minimum absolute atomic E-state index is 0.298. The van der Waals surface area contributed by atoms with E-state index in [1.165, 1.54) is 6.20 Å². The van der Waals surface area contributed by atoms with Gasteiger partial charge in [0.2, 0.25) is 10.0 Å². The van der Waals surface area contributed by atoms with E-state index in [2.05, 4.69) is 16.8 Å². The molecule has 0 amide bonds. The Balaban J connectivity index is 2.11. The number of unbranched alkanes of at least 4 members (excludes halogenated alkanes) is 1. The Hall–Kier alpha value is -1.14. The molecule has 1 saturated heterocycles. The Morgan fingerprint density at radius 3 is 2.55 bits per heavy atom. The second kappa shape index (κ2) is 6.54. The fourth-order valence-corrected chi connectivity index (χ4v) is 3.80. The molecule has 1 fully saturated rings. The SMILES string of the molecule is CCCCN(C)c1ccc(S(=O)(=O)N2CCCC2)cn1. The summed E-state index contributed by atoms with van der Waals surface area (Å²) in [4.78, 5) is 6.64. The van der Waals surface area contributed by atoms with Gasteiger partial charge in [0.15, 0.2) is 0 Å². The van der Waals surface area contributed by atoms with Gasteiger partial charge in [-0.3, -0.25) is 0 Å². The van der Waals surface area contributed by atoms with Crippen molar-refractivity contribution >= 4 is 15.8 Å². The van der Waals surface area contributed by atoms with Gasteiger partial charge in [0.1, 0.15) is 10.7 Å². The van der Waals surface area contributed by atoms with Crippen molar-refractivity contribution in [3.8, 4) is 0 Å². The highest BCUT2D eigenvalue weighted by Crippen LogP contribution is 2.21. The van der Waals surface area contributed by atoms with Gasteiger partial charge in [-0.1, -0.05) is 13.3 Å². The highest BCUT2D eigenvalue weighted by Gasteiger charge is 2.27. The molecule has 1 aromatic rings. The van der Waals surface area contributed by atoms with Crippen LogP contribution in [0, 0.1) is 0 Å². The predicted octanol–water partition coefficient (Wildman–Crippen LogP) is 2.10. The normalized spacial score (nSPS) is 16.5. The molecule has 6 heteroatoms. The summed E-state index contributed by atoms with van der Waals surface area (Å²) in [6, 6.07) is 3.46. The third kappa shape index (κ3) is 3.30. The molecule has 0 radical (unpaired) electrons. The fourth-order valence-electron chi connectivity index (χ4n) is 2.34. The van der Waals surface area contributed by atoms with Gasteiger partial charge in [-0.15, -0.1) is 0 Å². The topological polar surface area (TPSA) is 53.5 Å². The van der Waals surface area contributed by atoms with Crippen LogP contribution in [0.4, 0.5) is 5.82 Å². The van der Waals surface area contributed by atoms with E-state index in [1.807, 2.05) is 7.05 Å². The number of anilines is 1. The molecule has 20 heavy (non-hydrogen) atoms. The van der Waals surface area contributed by atoms with E-state index in [0.717, 1.165) is 38.0 Å². The minimum atomic E-state index is -3.35. The number of hydrogen-bond acceptors (Lipinski definition) is 4. The van der Waals surface area contributed by atoms with Gasteiger partial charge in [0.05, 0.1) is 0 Å². The van der Waals surface area contributed by atoms with E-state index in [9.17, 15) is 8.42 Å². The van der Waals surface area contributed by atoms with Crippen LogP contribution in [0.2, 0.25) is 0 Å². The lowest BCUT2D eigenvalue weighted by Gasteiger charge is -2.19. The largest absolute Gasteiger partial charge is 0.360 e. The quantitative estimate of drug-likeness (QED) is 0.807. The third-order valence-corrected chi connectivity index (χ3v) is 5.54. The summed E-state index contributed by atoms with van der Waals surface area (Å²) < 4.78 is 26.3. The van der Waals surface area contributed by atoms with Crippen LogP contribution >= 0.6 is 0 Å². The number of sulfonamides is 1. The van der Waals surface area contributed by atoms with Crippen molar-refractivity contribution < 1.29 is 8.42 Å². The zero-order valence-corrected chi connectivity index (χ0v) is 13.1. The van der Waals surface area contributed by atoms with Gasteiger partial charge in [-0.05, 0) is 31.4 Å². The minimum Gasteiger partial charge on any atom is -0.360 e. The van der Waals surface area contributed by atoms with E-state index >= 15 is 0 Å². The summed E-state index contributed by atoms with van der Waals surface area (Å²) in [6.45, 7) is 4.33. The molecule has 0 aromatic carbocycles. The standard InChI is InChI=1S/C14H23N3O2S/c1-3-4-9-16(2)14-8-7-13(12-15-14)20(18,19)17-10-5-6-11-17/h7-8,12H,3-6,9-11H2,1-2H3. The monoisotopic (exact) mass is 297 g/mol. The Labute approximate surface area is 121 Å². The first-order chi connectivity index (χ1) is 9.55. The Bertz CT molecular complexity index is 522. The zero-order chi connectivity index (χ0) is 14.6. The molecule has 0 aliphatic carbocycles. The Morgan fingerprint density at radius 1 is 1.30 bits per heavy atom. The van der Waals surface area contributed by atoms with Crippen LogP contribution in [0.1, 0.15) is 32.6 Å². The second-order valence-electron chi connectivity index (χ2n) is 5.24. The summed E-state index contributed by atoms with van der Waals surface area (Å²) >= 11 is 0. The molecule has 2 rings (SSSR count). The Morgan fingerprint density at radius 2 is 2.00 bits per heavy atom. The zero-order valence-electron chi connectivity index (χ0n) is 12.2. The highest BCUT2D eigenvalue weighted by molar-refractivity contribution is 7.89. The van der Waals surface area contributed by atoms with Crippen molar-refractivity contribution in [3.05, 3.63) is 18.3 Å². The molecule has 2 heterocycles. The lowest BCUT2D eigenvalue weighted by molar-refractivity contribution is 0.477. The molecule has 5 nitrogen and oxygen atoms in total. The lowest BCUT2D eigenvalue weighted by Crippen LogP contribution is -2.28. The average molecular weight is 297 g/mol. The van der Waals surface area contributed by atoms with Crippen molar-refractivity contribution in [1.82, 2.24) is 9.29 Å². The molecule has 0 N–H and O–H groups in total. The van der Waals surface area contributed by atoms with Gasteiger partial charge in [0, 0.05) is 32.9 Å². The first-order valence-corrected chi connectivity index (χ1v) is 8.67. The molecular formula is C14H23N3O2S. The molecule has 1 aromatic heterocycles. The molecule has 0 unspecified atom stereocenters. The number of hydrogen-bond donors (Lipinski definition) is 0. The maximum atomic E-state index is 12.4. The number of pyridine rings is 1. The van der Waals surface area contributed by atoms with Crippen molar-refractivity contribution in [2.24, 2.45) is 0 Å². The van der Waals surface area contributed by atoms with E-state index in [0.29, 0.717) is 18.0 Å². The first-order valence-electron chi connectivity index (χ1n) is 7.23. The summed E-state index contributed by atoms with van der Waals surface area (Å²) in [5.41, 5.74) is 0. The van der Waals surface area contributed by atoms with Gasteiger partial charge in [0.25, 0.3) is 0 Å². The van der Waals surface area contributed by atoms with Crippen LogP contribution in [0.25, 0.3) is 0 Å². The third-order valence-electron chi connectivity index (χ3n) is 3.66. The van der Waals surface area contributed by atoms with Gasteiger partial charge in [-0.2, -0.15) is 4.31 Å². The Kier molecular flexibility index (Phi) is 4.99. The van der Waals surface area contributed by atoms with E-state index in [-0.39, 0.29) is 0 Å². The summed E-state index contributed by atoms with van der Waals surface area (Å²) in [6.07, 6.45) is 5.61. The smallest absolute Gasteiger partial charge is 0.244 e. The van der Waals surface area contributed by atoms with Crippen molar-refractivity contribution in [1.29, 1.82) is 0 Å². The number of aromatic nitrogens is 1. The average Bonchev–Trinajstić information content (AvgIpc) is 3.00. The summed E-state index contributed by atoms with van der Waals surface area (Å²) in [7, 11) is -1.37. The fraction of sp³-hybridized carbons (Fsp3) is 0.643. The maximum absolute atomic E-state index is 12.4. The van der Waals surface area contributed by atoms with Gasteiger partial charge >= 0.3 is 0 Å². The van der Waals surface area contributed by atoms with Crippen LogP contribution in [-0.2, 0) is 10.0 Å². The van der Waals surface area contributed by atoms with E-state index in [1.54, 1.807) is 16.4 Å². The van der Waals surface area contributed by atoms with Crippen LogP contribution in [-0.4, -0.2) is 44.4 Å². The molecule has 112 valence electrons. The summed E-state index contributed by atoms with van der Waals surface area (Å²) in [5, 5.41) is 0. The number of rotatable bonds is 6. The second-order valence-corrected chi connectivity index (χ2v) is 7.18. The van der Waals surface area contributed by atoms with Gasteiger partial charge < -0.3 is 4.90 Å². The molecule has 1 aliphatic heterocycles. The summed E-state index contributed by atoms with van der Waals surface area (Å²) in [5.74, 6) is 0.818.